The summed E-state index contributed by atoms with van der Waals surface area (Å²) < 4.78 is 39.3. The van der Waals surface area contributed by atoms with Gasteiger partial charge >= 0.3 is 6.18 Å². The van der Waals surface area contributed by atoms with Crippen molar-refractivity contribution >= 4 is 44.7 Å². The molecule has 1 aromatic carbocycles. The molecule has 0 atom stereocenters. The molecule has 0 spiro atoms. The standard InChI is InChI=1S/C12H8BrClF3N3/c13-9-4-7(18)5-19-11(9)20-10-2-1-6(14)3-8(10)12(15,16)17/h1-5H,18H2,(H,19,20). The fourth-order valence-electron chi connectivity index (χ4n) is 1.53. The number of aromatic nitrogens is 1. The zero-order valence-corrected chi connectivity index (χ0v) is 12.1. The molecule has 0 saturated heterocycles. The van der Waals surface area contributed by atoms with E-state index in [1.54, 1.807) is 6.07 Å². The summed E-state index contributed by atoms with van der Waals surface area (Å²) >= 11 is 8.79. The minimum absolute atomic E-state index is 0.00667. The summed E-state index contributed by atoms with van der Waals surface area (Å²) in [6.07, 6.45) is -3.18. The average Bonchev–Trinajstić information content (AvgIpc) is 2.33. The van der Waals surface area contributed by atoms with Gasteiger partial charge in [0.25, 0.3) is 0 Å². The minimum atomic E-state index is -4.52. The van der Waals surface area contributed by atoms with Crippen molar-refractivity contribution in [1.82, 2.24) is 4.98 Å². The summed E-state index contributed by atoms with van der Waals surface area (Å²) in [5.41, 5.74) is 4.92. The summed E-state index contributed by atoms with van der Waals surface area (Å²) in [5.74, 6) is 0.229. The third-order valence-electron chi connectivity index (χ3n) is 2.40. The van der Waals surface area contributed by atoms with Crippen molar-refractivity contribution in [2.75, 3.05) is 11.1 Å². The number of hydrogen-bond donors (Lipinski definition) is 2. The van der Waals surface area contributed by atoms with E-state index in [9.17, 15) is 13.2 Å². The molecule has 0 aliphatic rings. The Labute approximate surface area is 126 Å². The van der Waals surface area contributed by atoms with E-state index in [-0.39, 0.29) is 16.5 Å². The van der Waals surface area contributed by atoms with Gasteiger partial charge in [-0.15, -0.1) is 0 Å². The van der Waals surface area contributed by atoms with Crippen LogP contribution in [0.4, 0.5) is 30.4 Å². The molecule has 1 heterocycles. The Bertz CT molecular complexity index is 646. The number of benzene rings is 1. The number of hydrogen-bond acceptors (Lipinski definition) is 3. The number of halogens is 5. The molecule has 0 saturated carbocycles. The van der Waals surface area contributed by atoms with Gasteiger partial charge in [-0.25, -0.2) is 4.98 Å². The fourth-order valence-corrected chi connectivity index (χ4v) is 2.17. The Hall–Kier alpha value is -1.47. The molecule has 2 rings (SSSR count). The van der Waals surface area contributed by atoms with Gasteiger partial charge in [0, 0.05) is 5.02 Å². The van der Waals surface area contributed by atoms with Gasteiger partial charge in [-0.3, -0.25) is 0 Å². The molecule has 20 heavy (non-hydrogen) atoms. The van der Waals surface area contributed by atoms with Gasteiger partial charge in [0.15, 0.2) is 0 Å². The van der Waals surface area contributed by atoms with Crippen LogP contribution in [0.5, 0.6) is 0 Å². The summed E-state index contributed by atoms with van der Waals surface area (Å²) in [6.45, 7) is 0. The Balaban J connectivity index is 2.43. The van der Waals surface area contributed by atoms with Gasteiger partial charge in [-0.05, 0) is 40.2 Å². The van der Waals surface area contributed by atoms with Crippen LogP contribution < -0.4 is 11.1 Å². The van der Waals surface area contributed by atoms with Crippen LogP contribution in [0.3, 0.4) is 0 Å². The minimum Gasteiger partial charge on any atom is -0.397 e. The van der Waals surface area contributed by atoms with Crippen LogP contribution in [0, 0.1) is 0 Å². The highest BCUT2D eigenvalue weighted by Crippen LogP contribution is 2.38. The quantitative estimate of drug-likeness (QED) is 0.799. The molecule has 106 valence electrons. The third-order valence-corrected chi connectivity index (χ3v) is 3.24. The second-order valence-electron chi connectivity index (χ2n) is 3.91. The lowest BCUT2D eigenvalue weighted by Crippen LogP contribution is -2.09. The Morgan fingerprint density at radius 1 is 1.25 bits per heavy atom. The Kier molecular flexibility index (Phi) is 4.10. The number of rotatable bonds is 2. The molecule has 3 N–H and O–H groups in total. The fraction of sp³-hybridized carbons (Fsp3) is 0.0833. The third kappa shape index (κ3) is 3.34. The van der Waals surface area contributed by atoms with E-state index >= 15 is 0 Å². The number of nitrogen functional groups attached to an aromatic ring is 1. The number of nitrogens with two attached hydrogens (primary N) is 1. The molecular weight excluding hydrogens is 359 g/mol. The van der Waals surface area contributed by atoms with Crippen molar-refractivity contribution < 1.29 is 13.2 Å². The van der Waals surface area contributed by atoms with Gasteiger partial charge in [-0.2, -0.15) is 13.2 Å². The number of alkyl halides is 3. The molecule has 0 aliphatic heterocycles. The van der Waals surface area contributed by atoms with Crippen LogP contribution in [0.15, 0.2) is 34.9 Å². The van der Waals surface area contributed by atoms with Gasteiger partial charge in [-0.1, -0.05) is 11.6 Å². The predicted molar refractivity (Wildman–Crippen MR) is 76.1 cm³/mol. The molecule has 0 aliphatic carbocycles. The SMILES string of the molecule is Nc1cnc(Nc2ccc(Cl)cc2C(F)(F)F)c(Br)c1. The Morgan fingerprint density at radius 2 is 1.95 bits per heavy atom. The van der Waals surface area contributed by atoms with E-state index in [1.807, 2.05) is 0 Å². The summed E-state index contributed by atoms with van der Waals surface area (Å²) in [7, 11) is 0. The highest BCUT2D eigenvalue weighted by atomic mass is 79.9. The zero-order chi connectivity index (χ0) is 14.9. The van der Waals surface area contributed by atoms with Crippen molar-refractivity contribution in [3.8, 4) is 0 Å². The molecule has 0 fully saturated rings. The van der Waals surface area contributed by atoms with Crippen molar-refractivity contribution in [3.63, 3.8) is 0 Å². The second-order valence-corrected chi connectivity index (χ2v) is 5.20. The van der Waals surface area contributed by atoms with E-state index in [0.717, 1.165) is 6.07 Å². The van der Waals surface area contributed by atoms with E-state index in [1.165, 1.54) is 18.3 Å². The van der Waals surface area contributed by atoms with E-state index in [0.29, 0.717) is 10.2 Å². The lowest BCUT2D eigenvalue weighted by molar-refractivity contribution is -0.136. The zero-order valence-electron chi connectivity index (χ0n) is 9.80. The summed E-state index contributed by atoms with van der Waals surface area (Å²) in [4.78, 5) is 3.94. The lowest BCUT2D eigenvalue weighted by Gasteiger charge is -2.15. The number of nitrogens with one attached hydrogen (secondary N) is 1. The van der Waals surface area contributed by atoms with Crippen molar-refractivity contribution in [3.05, 3.63) is 45.5 Å². The topological polar surface area (TPSA) is 50.9 Å². The highest BCUT2D eigenvalue weighted by Gasteiger charge is 2.34. The van der Waals surface area contributed by atoms with Crippen molar-refractivity contribution in [2.24, 2.45) is 0 Å². The number of nitrogens with zero attached hydrogens (tertiary/aromatic N) is 1. The molecule has 0 amide bonds. The van der Waals surface area contributed by atoms with Gasteiger partial charge in [0.1, 0.15) is 5.82 Å². The first kappa shape index (κ1) is 14.9. The lowest BCUT2D eigenvalue weighted by atomic mass is 10.1. The van der Waals surface area contributed by atoms with Crippen molar-refractivity contribution in [1.29, 1.82) is 0 Å². The van der Waals surface area contributed by atoms with Crippen LogP contribution in [0.25, 0.3) is 0 Å². The molecule has 0 bridgehead atoms. The highest BCUT2D eigenvalue weighted by molar-refractivity contribution is 9.10. The second kappa shape index (κ2) is 5.49. The van der Waals surface area contributed by atoms with E-state index in [2.05, 4.69) is 26.2 Å². The number of anilines is 3. The largest absolute Gasteiger partial charge is 0.418 e. The van der Waals surface area contributed by atoms with Crippen LogP contribution in [0.1, 0.15) is 5.56 Å². The first-order valence-corrected chi connectivity index (χ1v) is 6.49. The van der Waals surface area contributed by atoms with Crippen LogP contribution >= 0.6 is 27.5 Å². The summed E-state index contributed by atoms with van der Waals surface area (Å²) in [6, 6.07) is 5.01. The smallest absolute Gasteiger partial charge is 0.397 e. The van der Waals surface area contributed by atoms with Crippen molar-refractivity contribution in [2.45, 2.75) is 6.18 Å². The summed E-state index contributed by atoms with van der Waals surface area (Å²) in [5, 5.41) is 2.62. The maximum absolute atomic E-state index is 12.9. The molecule has 0 unspecified atom stereocenters. The van der Waals surface area contributed by atoms with E-state index in [4.69, 9.17) is 17.3 Å². The molecule has 1 aromatic heterocycles. The van der Waals surface area contributed by atoms with Crippen LogP contribution in [0.2, 0.25) is 5.02 Å². The van der Waals surface area contributed by atoms with Gasteiger partial charge in [0.05, 0.1) is 27.6 Å². The van der Waals surface area contributed by atoms with Crippen LogP contribution in [-0.2, 0) is 6.18 Å². The molecule has 3 nitrogen and oxygen atoms in total. The van der Waals surface area contributed by atoms with Crippen LogP contribution in [-0.4, -0.2) is 4.98 Å². The Morgan fingerprint density at radius 3 is 2.55 bits per heavy atom. The molecule has 2 aromatic rings. The predicted octanol–water partition coefficient (Wildman–Crippen LogP) is 4.84. The molecular formula is C12H8BrClF3N3. The monoisotopic (exact) mass is 365 g/mol. The maximum Gasteiger partial charge on any atom is 0.418 e. The van der Waals surface area contributed by atoms with Gasteiger partial charge in [0.2, 0.25) is 0 Å². The first-order chi connectivity index (χ1) is 9.27. The molecule has 8 heteroatoms. The number of pyridine rings is 1. The maximum atomic E-state index is 12.9. The van der Waals surface area contributed by atoms with Gasteiger partial charge < -0.3 is 11.1 Å². The van der Waals surface area contributed by atoms with E-state index < -0.39 is 11.7 Å². The average molecular weight is 367 g/mol. The molecule has 0 radical (unpaired) electrons. The normalized spacial score (nSPS) is 11.4. The first-order valence-electron chi connectivity index (χ1n) is 5.32.